The van der Waals surface area contributed by atoms with E-state index in [1.54, 1.807) is 0 Å². The first-order chi connectivity index (χ1) is 13.6. The Labute approximate surface area is 168 Å². The number of anilines is 3. The Kier molecular flexibility index (Phi) is 5.21. The van der Waals surface area contributed by atoms with Crippen molar-refractivity contribution < 1.29 is 4.79 Å². The summed E-state index contributed by atoms with van der Waals surface area (Å²) in [6, 6.07) is 12.3. The van der Waals surface area contributed by atoms with E-state index in [0.717, 1.165) is 42.7 Å². The third kappa shape index (κ3) is 3.96. The molecule has 1 fully saturated rings. The van der Waals surface area contributed by atoms with E-state index >= 15 is 0 Å². The highest BCUT2D eigenvalue weighted by atomic mass is 32.1. The van der Waals surface area contributed by atoms with Crippen molar-refractivity contribution in [2.24, 2.45) is 0 Å². The Morgan fingerprint density at radius 1 is 1.04 bits per heavy atom. The third-order valence-electron chi connectivity index (χ3n) is 4.73. The molecule has 0 unspecified atom stereocenters. The second-order valence-corrected chi connectivity index (χ2v) is 7.88. The van der Waals surface area contributed by atoms with E-state index in [1.165, 1.54) is 23.4 Å². The Balaban J connectivity index is 1.42. The van der Waals surface area contributed by atoms with Crippen molar-refractivity contribution in [3.63, 3.8) is 0 Å². The van der Waals surface area contributed by atoms with Gasteiger partial charge in [-0.2, -0.15) is 0 Å². The van der Waals surface area contributed by atoms with Crippen molar-refractivity contribution >= 4 is 34.6 Å². The number of carbonyl (C=O) groups is 1. The van der Waals surface area contributed by atoms with Gasteiger partial charge in [-0.15, -0.1) is 11.3 Å². The summed E-state index contributed by atoms with van der Waals surface area (Å²) in [6.45, 7) is 7.32. The van der Waals surface area contributed by atoms with Gasteiger partial charge in [0.05, 0.1) is 10.7 Å². The lowest BCUT2D eigenvalue weighted by Gasteiger charge is -2.36. The average Bonchev–Trinajstić information content (AvgIpc) is 3.07. The number of carbonyl (C=O) groups excluding carboxylic acids is 1. The van der Waals surface area contributed by atoms with E-state index in [9.17, 15) is 4.79 Å². The molecule has 1 aromatic carbocycles. The van der Waals surface area contributed by atoms with E-state index in [1.807, 2.05) is 26.0 Å². The number of benzene rings is 1. The van der Waals surface area contributed by atoms with Gasteiger partial charge in [0.2, 0.25) is 0 Å². The number of nitrogens with zero attached hydrogens (tertiary/aromatic N) is 5. The molecule has 1 aliphatic heterocycles. The molecule has 0 saturated carbocycles. The van der Waals surface area contributed by atoms with Crippen LogP contribution in [0.3, 0.4) is 0 Å². The summed E-state index contributed by atoms with van der Waals surface area (Å²) in [6.07, 6.45) is 1.50. The van der Waals surface area contributed by atoms with Crippen LogP contribution in [0.1, 0.15) is 20.4 Å². The number of nitrogens with one attached hydrogen (secondary N) is 1. The standard InChI is InChI=1S/C20H22N6OS/c1-14-19(28-15(2)23-14)20(27)24-17-12-18(22-13-21-17)26-10-8-25(9-11-26)16-6-4-3-5-7-16/h3-7,12-13H,8-11H2,1-2H3,(H,21,22,24,27). The van der Waals surface area contributed by atoms with Crippen LogP contribution in [0.4, 0.5) is 17.3 Å². The quantitative estimate of drug-likeness (QED) is 0.733. The van der Waals surface area contributed by atoms with Gasteiger partial charge >= 0.3 is 0 Å². The van der Waals surface area contributed by atoms with Crippen molar-refractivity contribution in [2.45, 2.75) is 13.8 Å². The second kappa shape index (κ2) is 7.93. The third-order valence-corrected chi connectivity index (χ3v) is 5.80. The summed E-state index contributed by atoms with van der Waals surface area (Å²) in [5.41, 5.74) is 1.99. The number of rotatable bonds is 4. The summed E-state index contributed by atoms with van der Waals surface area (Å²) in [4.78, 5) is 30.6. The van der Waals surface area contributed by atoms with E-state index < -0.39 is 0 Å². The number of aromatic nitrogens is 3. The molecule has 0 bridgehead atoms. The first kappa shape index (κ1) is 18.4. The molecule has 0 radical (unpaired) electrons. The molecule has 2 aromatic heterocycles. The first-order valence-electron chi connectivity index (χ1n) is 9.22. The van der Waals surface area contributed by atoms with Gasteiger partial charge in [0, 0.05) is 37.9 Å². The fourth-order valence-corrected chi connectivity index (χ4v) is 4.15. The molecular formula is C20H22N6OS. The van der Waals surface area contributed by atoms with Crippen LogP contribution in [-0.4, -0.2) is 47.0 Å². The molecule has 144 valence electrons. The summed E-state index contributed by atoms with van der Waals surface area (Å²) >= 11 is 1.39. The minimum absolute atomic E-state index is 0.179. The molecule has 3 aromatic rings. The zero-order valence-electron chi connectivity index (χ0n) is 15.9. The summed E-state index contributed by atoms with van der Waals surface area (Å²) in [5, 5.41) is 3.75. The van der Waals surface area contributed by atoms with Crippen molar-refractivity contribution in [2.75, 3.05) is 41.3 Å². The molecule has 8 heteroatoms. The molecule has 7 nitrogen and oxygen atoms in total. The predicted octanol–water partition coefficient (Wildman–Crippen LogP) is 3.13. The molecule has 0 spiro atoms. The van der Waals surface area contributed by atoms with Gasteiger partial charge in [-0.05, 0) is 26.0 Å². The number of hydrogen-bond donors (Lipinski definition) is 1. The number of hydrogen-bond acceptors (Lipinski definition) is 7. The Morgan fingerprint density at radius 2 is 1.75 bits per heavy atom. The molecular weight excluding hydrogens is 372 g/mol. The summed E-state index contributed by atoms with van der Waals surface area (Å²) < 4.78 is 0. The van der Waals surface area contributed by atoms with E-state index in [-0.39, 0.29) is 5.91 Å². The molecule has 1 N–H and O–H groups in total. The van der Waals surface area contributed by atoms with Crippen molar-refractivity contribution in [3.05, 3.63) is 58.3 Å². The fourth-order valence-electron chi connectivity index (χ4n) is 3.34. The van der Waals surface area contributed by atoms with Gasteiger partial charge in [-0.25, -0.2) is 15.0 Å². The molecule has 28 heavy (non-hydrogen) atoms. The lowest BCUT2D eigenvalue weighted by atomic mass is 10.2. The van der Waals surface area contributed by atoms with Crippen LogP contribution >= 0.6 is 11.3 Å². The number of amides is 1. The zero-order chi connectivity index (χ0) is 19.5. The number of piperazine rings is 1. The molecule has 3 heterocycles. The maximum Gasteiger partial charge on any atom is 0.268 e. The SMILES string of the molecule is Cc1nc(C)c(C(=O)Nc2cc(N3CCN(c4ccccc4)CC3)ncn2)s1. The van der Waals surface area contributed by atoms with Crippen molar-refractivity contribution in [3.8, 4) is 0 Å². The maximum atomic E-state index is 12.5. The van der Waals surface area contributed by atoms with Gasteiger partial charge < -0.3 is 15.1 Å². The predicted molar refractivity (Wildman–Crippen MR) is 112 cm³/mol. The summed E-state index contributed by atoms with van der Waals surface area (Å²) in [7, 11) is 0. The molecule has 1 saturated heterocycles. The van der Waals surface area contributed by atoms with Gasteiger partial charge in [0.1, 0.15) is 22.8 Å². The van der Waals surface area contributed by atoms with E-state index in [0.29, 0.717) is 10.7 Å². The van der Waals surface area contributed by atoms with Gasteiger partial charge in [0.15, 0.2) is 0 Å². The van der Waals surface area contributed by atoms with E-state index in [4.69, 9.17) is 0 Å². The molecule has 0 atom stereocenters. The monoisotopic (exact) mass is 394 g/mol. The van der Waals surface area contributed by atoms with Crippen LogP contribution in [0.15, 0.2) is 42.7 Å². The van der Waals surface area contributed by atoms with Crippen molar-refractivity contribution in [1.29, 1.82) is 0 Å². The molecule has 0 aliphatic carbocycles. The van der Waals surface area contributed by atoms with Crippen LogP contribution < -0.4 is 15.1 Å². The van der Waals surface area contributed by atoms with Crippen molar-refractivity contribution in [1.82, 2.24) is 15.0 Å². The number of thiazole rings is 1. The number of para-hydroxylation sites is 1. The minimum Gasteiger partial charge on any atom is -0.368 e. The minimum atomic E-state index is -0.179. The Hall–Kier alpha value is -3.00. The first-order valence-corrected chi connectivity index (χ1v) is 10.0. The van der Waals surface area contributed by atoms with Crippen LogP contribution in [0, 0.1) is 13.8 Å². The van der Waals surface area contributed by atoms with Gasteiger partial charge in [0.25, 0.3) is 5.91 Å². The maximum absolute atomic E-state index is 12.5. The van der Waals surface area contributed by atoms with Crippen LogP contribution in [0.2, 0.25) is 0 Å². The smallest absolute Gasteiger partial charge is 0.268 e. The molecule has 4 rings (SSSR count). The summed E-state index contributed by atoms with van der Waals surface area (Å²) in [5.74, 6) is 1.16. The molecule has 1 amide bonds. The normalized spacial score (nSPS) is 14.2. The number of aryl methyl sites for hydroxylation is 2. The van der Waals surface area contributed by atoms with Crippen LogP contribution in [0.5, 0.6) is 0 Å². The lowest BCUT2D eigenvalue weighted by molar-refractivity contribution is 0.102. The highest BCUT2D eigenvalue weighted by molar-refractivity contribution is 7.13. The van der Waals surface area contributed by atoms with E-state index in [2.05, 4.69) is 54.3 Å². The lowest BCUT2D eigenvalue weighted by Crippen LogP contribution is -2.46. The fraction of sp³-hybridized carbons (Fsp3) is 0.300. The average molecular weight is 395 g/mol. The van der Waals surface area contributed by atoms with Crippen LogP contribution in [-0.2, 0) is 0 Å². The Bertz CT molecular complexity index is 966. The van der Waals surface area contributed by atoms with Gasteiger partial charge in [-0.1, -0.05) is 18.2 Å². The largest absolute Gasteiger partial charge is 0.368 e. The topological polar surface area (TPSA) is 74.2 Å². The highest BCUT2D eigenvalue weighted by Gasteiger charge is 2.20. The van der Waals surface area contributed by atoms with Crippen LogP contribution in [0.25, 0.3) is 0 Å². The zero-order valence-corrected chi connectivity index (χ0v) is 16.7. The molecule has 1 aliphatic rings. The highest BCUT2D eigenvalue weighted by Crippen LogP contribution is 2.22. The van der Waals surface area contributed by atoms with Gasteiger partial charge in [-0.3, -0.25) is 4.79 Å². The Morgan fingerprint density at radius 3 is 2.43 bits per heavy atom. The second-order valence-electron chi connectivity index (χ2n) is 6.67.